The van der Waals surface area contributed by atoms with Crippen molar-refractivity contribution in [1.29, 1.82) is 0 Å². The van der Waals surface area contributed by atoms with Gasteiger partial charge in [0.25, 0.3) is 0 Å². The second kappa shape index (κ2) is 16.6. The number of amides is 1. The van der Waals surface area contributed by atoms with E-state index in [1.165, 1.54) is 12.0 Å². The van der Waals surface area contributed by atoms with Gasteiger partial charge in [0.05, 0.1) is 39.7 Å². The summed E-state index contributed by atoms with van der Waals surface area (Å²) in [6.45, 7) is 6.22. The van der Waals surface area contributed by atoms with Crippen LogP contribution >= 0.6 is 0 Å². The van der Waals surface area contributed by atoms with Crippen LogP contribution in [-0.4, -0.2) is 43.1 Å². The Hall–Kier alpha value is -6.45. The molecule has 324 valence electrons. The van der Waals surface area contributed by atoms with E-state index in [4.69, 9.17) is 25.7 Å². The molecule has 4 aliphatic rings. The minimum Gasteiger partial charge on any atom is -0.411 e. The van der Waals surface area contributed by atoms with Gasteiger partial charge in [-0.1, -0.05) is 120 Å². The molecule has 6 aromatic rings. The summed E-state index contributed by atoms with van der Waals surface area (Å²) in [7, 11) is 0. The summed E-state index contributed by atoms with van der Waals surface area (Å²) in [5.74, 6) is 0. The molecule has 0 aliphatic heterocycles. The molecule has 2 fully saturated rings. The van der Waals surface area contributed by atoms with Gasteiger partial charge >= 0.3 is 6.09 Å². The zero-order valence-electron chi connectivity index (χ0n) is 37.1. The molecule has 10 rings (SSSR count). The van der Waals surface area contributed by atoms with E-state index in [-0.39, 0.29) is 5.54 Å². The molecule has 4 aromatic carbocycles. The van der Waals surface area contributed by atoms with Crippen LogP contribution < -0.4 is 5.73 Å². The molecule has 2 aromatic heterocycles. The van der Waals surface area contributed by atoms with E-state index in [0.29, 0.717) is 12.1 Å². The third-order valence-corrected chi connectivity index (χ3v) is 14.1. The lowest BCUT2D eigenvalue weighted by molar-refractivity contribution is -0.0434. The van der Waals surface area contributed by atoms with Crippen molar-refractivity contribution in [2.24, 2.45) is 16.0 Å². The second-order valence-corrected chi connectivity index (χ2v) is 19.2. The molecule has 0 atom stereocenters. The minimum absolute atomic E-state index is 0.227. The van der Waals surface area contributed by atoms with Gasteiger partial charge in [0.2, 0.25) is 0 Å². The first-order valence-corrected chi connectivity index (χ1v) is 23.0. The van der Waals surface area contributed by atoms with Gasteiger partial charge in [-0.3, -0.25) is 19.7 Å². The number of aryl methyl sites for hydroxylation is 2. The molecule has 4 aliphatic carbocycles. The van der Waals surface area contributed by atoms with Crippen molar-refractivity contribution in [3.8, 4) is 44.8 Å². The summed E-state index contributed by atoms with van der Waals surface area (Å²) in [5.41, 5.74) is 20.7. The third kappa shape index (κ3) is 7.49. The van der Waals surface area contributed by atoms with Gasteiger partial charge in [-0.05, 0) is 132 Å². The molecule has 0 radical (unpaired) electrons. The van der Waals surface area contributed by atoms with E-state index in [9.17, 15) is 10.0 Å². The molecule has 2 saturated carbocycles. The van der Waals surface area contributed by atoms with Crippen LogP contribution in [0.4, 0.5) is 4.79 Å². The Labute approximate surface area is 376 Å². The summed E-state index contributed by atoms with van der Waals surface area (Å²) in [5, 5.41) is 18.2. The number of nitrogens with zero attached hydrogens (tertiary/aromatic N) is 5. The zero-order chi connectivity index (χ0) is 44.1. The highest BCUT2D eigenvalue weighted by atomic mass is 16.7. The highest BCUT2D eigenvalue weighted by Gasteiger charge is 2.51. The van der Waals surface area contributed by atoms with E-state index in [2.05, 4.69) is 123 Å². The smallest absolute Gasteiger partial charge is 0.411 e. The van der Waals surface area contributed by atoms with Crippen LogP contribution in [-0.2, 0) is 28.8 Å². The molecule has 0 spiro atoms. The first kappa shape index (κ1) is 41.6. The van der Waals surface area contributed by atoms with Gasteiger partial charge in [-0.15, -0.1) is 0 Å². The maximum atomic E-state index is 14.6. The van der Waals surface area contributed by atoms with E-state index in [0.717, 1.165) is 143 Å². The largest absolute Gasteiger partial charge is 0.437 e. The SMILES string of the molecule is CC(C)(C)N(C(=O)ON=C1CCCc2nc(-c3ccc(C4(N)CCC4)cc3)c(-c3ccccc3)cc21)C1(c2ccc(-c3nc4c(cc3-c3ccccc3)C(=NO)CCC4)cc2)CCC1. The van der Waals surface area contributed by atoms with Gasteiger partial charge in [-0.2, -0.15) is 0 Å². The fraction of sp³-hybridized carbons (Fsp3) is 0.327. The lowest BCUT2D eigenvalue weighted by atomic mass is 9.69. The fourth-order valence-electron chi connectivity index (χ4n) is 10.5. The normalized spacial score (nSPS) is 18.6. The predicted octanol–water partition coefficient (Wildman–Crippen LogP) is 12.4. The number of oxime groups is 2. The number of fused-ring (bicyclic) bond motifs is 2. The van der Waals surface area contributed by atoms with Crippen molar-refractivity contribution in [2.75, 3.05) is 0 Å². The van der Waals surface area contributed by atoms with Crippen LogP contribution in [0.2, 0.25) is 0 Å². The van der Waals surface area contributed by atoms with Crippen LogP contribution in [0.3, 0.4) is 0 Å². The number of carbonyl (C=O) groups is 1. The molecule has 9 heteroatoms. The molecule has 2 heterocycles. The molecular weight excluding hydrogens is 793 g/mol. The molecule has 0 saturated heterocycles. The number of hydrogen-bond acceptors (Lipinski definition) is 8. The van der Waals surface area contributed by atoms with Crippen LogP contribution in [0, 0.1) is 0 Å². The third-order valence-electron chi connectivity index (χ3n) is 14.1. The Morgan fingerprint density at radius 3 is 1.55 bits per heavy atom. The summed E-state index contributed by atoms with van der Waals surface area (Å²) >= 11 is 0. The van der Waals surface area contributed by atoms with E-state index < -0.39 is 17.2 Å². The molecule has 0 unspecified atom stereocenters. The number of carbonyl (C=O) groups excluding carboxylic acids is 1. The summed E-state index contributed by atoms with van der Waals surface area (Å²) in [6.07, 6.45) is 10.2. The number of hydrogen-bond donors (Lipinski definition) is 2. The van der Waals surface area contributed by atoms with Crippen molar-refractivity contribution in [2.45, 2.75) is 114 Å². The molecular formula is C55H56N6O3. The standard InChI is InChI=1S/C55H56N6O3/c1-53(2,3)61(55(32-13-33-55)41-28-24-39(25-29-41)51-42(36-14-6-4-7-15-36)34-44-46(57-51)18-10-20-48(44)59-63)52(62)64-60-49-21-11-19-47-45(49)35-43(37-16-8-5-9-17-37)50(58-47)38-22-26-40(27-23-38)54(56)30-12-31-54/h4-9,14-17,22-29,34-35,63H,10-13,18-21,30-33,56H2,1-3H3. The number of benzene rings is 4. The minimum atomic E-state index is -0.567. The molecule has 1 amide bonds. The van der Waals surface area contributed by atoms with Crippen LogP contribution in [0.25, 0.3) is 44.8 Å². The van der Waals surface area contributed by atoms with Gasteiger partial charge in [0.15, 0.2) is 0 Å². The Balaban J connectivity index is 0.963. The van der Waals surface area contributed by atoms with Crippen molar-refractivity contribution in [3.05, 3.63) is 155 Å². The fourth-order valence-corrected chi connectivity index (χ4v) is 10.5. The number of aromatic nitrogens is 2. The van der Waals surface area contributed by atoms with E-state index >= 15 is 0 Å². The average molecular weight is 849 g/mol. The highest BCUT2D eigenvalue weighted by Crippen LogP contribution is 2.50. The lowest BCUT2D eigenvalue weighted by Gasteiger charge is -2.54. The van der Waals surface area contributed by atoms with Gasteiger partial charge in [0, 0.05) is 44.5 Å². The zero-order valence-corrected chi connectivity index (χ0v) is 37.1. The summed E-state index contributed by atoms with van der Waals surface area (Å²) < 4.78 is 0. The maximum Gasteiger partial charge on any atom is 0.437 e. The number of nitrogens with two attached hydrogens (primary N) is 1. The lowest BCUT2D eigenvalue weighted by Crippen LogP contribution is -2.61. The van der Waals surface area contributed by atoms with Crippen LogP contribution in [0.15, 0.2) is 132 Å². The molecule has 9 nitrogen and oxygen atoms in total. The van der Waals surface area contributed by atoms with Gasteiger partial charge < -0.3 is 10.9 Å². The predicted molar refractivity (Wildman–Crippen MR) is 254 cm³/mol. The monoisotopic (exact) mass is 848 g/mol. The van der Waals surface area contributed by atoms with Gasteiger partial charge in [0.1, 0.15) is 0 Å². The number of pyridine rings is 2. The molecule has 0 bridgehead atoms. The Morgan fingerprint density at radius 1 is 0.609 bits per heavy atom. The van der Waals surface area contributed by atoms with Crippen molar-refractivity contribution in [1.82, 2.24) is 14.9 Å². The summed E-state index contributed by atoms with van der Waals surface area (Å²) in [6, 6.07) is 42.2. The molecule has 3 N–H and O–H groups in total. The van der Waals surface area contributed by atoms with E-state index in [1.54, 1.807) is 0 Å². The Morgan fingerprint density at radius 2 is 1.09 bits per heavy atom. The maximum absolute atomic E-state index is 14.6. The quantitative estimate of drug-likeness (QED) is 0.0892. The highest BCUT2D eigenvalue weighted by molar-refractivity contribution is 6.05. The van der Waals surface area contributed by atoms with Crippen molar-refractivity contribution in [3.63, 3.8) is 0 Å². The molecule has 64 heavy (non-hydrogen) atoms. The average Bonchev–Trinajstić information content (AvgIpc) is 3.30. The van der Waals surface area contributed by atoms with E-state index in [1.807, 2.05) is 29.2 Å². The van der Waals surface area contributed by atoms with Crippen LogP contribution in [0.1, 0.15) is 119 Å². The first-order valence-electron chi connectivity index (χ1n) is 23.0. The van der Waals surface area contributed by atoms with Crippen LogP contribution in [0.5, 0.6) is 0 Å². The van der Waals surface area contributed by atoms with Crippen molar-refractivity contribution < 1.29 is 14.8 Å². The first-order chi connectivity index (χ1) is 31.0. The Kier molecular flexibility index (Phi) is 10.8. The number of rotatable bonds is 8. The second-order valence-electron chi connectivity index (χ2n) is 19.2. The van der Waals surface area contributed by atoms with Gasteiger partial charge in [-0.25, -0.2) is 4.79 Å². The topological polar surface area (TPSA) is 126 Å². The Bertz CT molecular complexity index is 2770. The van der Waals surface area contributed by atoms with Crippen molar-refractivity contribution >= 4 is 17.5 Å². The summed E-state index contributed by atoms with van der Waals surface area (Å²) in [4.78, 5) is 33.2.